The van der Waals surface area contributed by atoms with Gasteiger partial charge in [0.25, 0.3) is 0 Å². The van der Waals surface area contributed by atoms with Crippen LogP contribution in [0.2, 0.25) is 0 Å². The SMILES string of the molecule is CC(C)(C)NC(=O)C[C@@H]1CCCCN1C[C@@H](O)[C@H](Cc1ccccc1)NC(=O)[C@H](CC(N)=O)NC(=O)OCc1ccccc1. The molecule has 1 fully saturated rings. The van der Waals surface area contributed by atoms with E-state index in [0.29, 0.717) is 12.8 Å². The Morgan fingerprint density at radius 3 is 2.23 bits per heavy atom. The number of aliphatic hydroxyl groups is 1. The highest BCUT2D eigenvalue weighted by atomic mass is 16.5. The highest BCUT2D eigenvalue weighted by Gasteiger charge is 2.32. The third-order valence-electron chi connectivity index (χ3n) is 7.42. The van der Waals surface area contributed by atoms with Crippen molar-refractivity contribution in [3.05, 3.63) is 71.8 Å². The molecule has 0 spiro atoms. The van der Waals surface area contributed by atoms with Crippen LogP contribution in [0.5, 0.6) is 0 Å². The summed E-state index contributed by atoms with van der Waals surface area (Å²) in [6.45, 7) is 6.75. The van der Waals surface area contributed by atoms with Crippen molar-refractivity contribution in [2.75, 3.05) is 13.1 Å². The summed E-state index contributed by atoms with van der Waals surface area (Å²) < 4.78 is 5.24. The summed E-state index contributed by atoms with van der Waals surface area (Å²) in [6.07, 6.45) is 1.05. The number of aliphatic hydroxyl groups excluding tert-OH is 1. The summed E-state index contributed by atoms with van der Waals surface area (Å²) in [5, 5.41) is 19.8. The van der Waals surface area contributed by atoms with Crippen molar-refractivity contribution in [3.63, 3.8) is 0 Å². The van der Waals surface area contributed by atoms with Gasteiger partial charge in [-0.2, -0.15) is 0 Å². The van der Waals surface area contributed by atoms with Gasteiger partial charge in [-0.25, -0.2) is 4.79 Å². The molecule has 0 unspecified atom stereocenters. The van der Waals surface area contributed by atoms with Crippen LogP contribution < -0.4 is 21.7 Å². The van der Waals surface area contributed by atoms with E-state index in [1.54, 1.807) is 12.1 Å². The van der Waals surface area contributed by atoms with E-state index in [0.717, 1.165) is 36.9 Å². The summed E-state index contributed by atoms with van der Waals surface area (Å²) in [7, 11) is 0. The minimum absolute atomic E-state index is 0.0162. The minimum atomic E-state index is -1.30. The summed E-state index contributed by atoms with van der Waals surface area (Å²) >= 11 is 0. The van der Waals surface area contributed by atoms with Gasteiger partial charge in [-0.15, -0.1) is 0 Å². The number of hydrogen-bond donors (Lipinski definition) is 5. The van der Waals surface area contributed by atoms with E-state index in [1.807, 2.05) is 69.3 Å². The van der Waals surface area contributed by atoms with Crippen LogP contribution in [0.1, 0.15) is 64.0 Å². The zero-order valence-corrected chi connectivity index (χ0v) is 26.0. The second kappa shape index (κ2) is 16.8. The number of rotatable bonds is 14. The van der Waals surface area contributed by atoms with Gasteiger partial charge in [-0.05, 0) is 57.7 Å². The van der Waals surface area contributed by atoms with E-state index >= 15 is 0 Å². The molecule has 3 rings (SSSR count). The molecule has 44 heavy (non-hydrogen) atoms. The Bertz CT molecular complexity index is 1220. The van der Waals surface area contributed by atoms with Crippen molar-refractivity contribution >= 4 is 23.8 Å². The number of carbonyl (C=O) groups is 4. The average molecular weight is 610 g/mol. The fourth-order valence-corrected chi connectivity index (χ4v) is 5.33. The largest absolute Gasteiger partial charge is 0.445 e. The van der Waals surface area contributed by atoms with Gasteiger partial charge >= 0.3 is 6.09 Å². The normalized spacial score (nSPS) is 17.5. The molecule has 0 aromatic heterocycles. The topological polar surface area (TPSA) is 163 Å². The third-order valence-corrected chi connectivity index (χ3v) is 7.42. The molecule has 6 N–H and O–H groups in total. The maximum Gasteiger partial charge on any atom is 0.408 e. The standard InChI is InChI=1S/C33H47N5O6/c1-33(2,3)37-30(41)19-25-16-10-11-17-38(25)21-28(39)26(18-23-12-6-4-7-13-23)35-31(42)27(20-29(34)40)36-32(43)44-22-24-14-8-5-9-15-24/h4-9,12-15,25-28,39H,10-11,16-22H2,1-3H3,(H2,34,40)(H,35,42)(H,36,43)(H,37,41)/t25-,26-,27-,28+/m0/s1. The van der Waals surface area contributed by atoms with E-state index in [-0.39, 0.29) is 30.6 Å². The first-order valence-corrected chi connectivity index (χ1v) is 15.2. The van der Waals surface area contributed by atoms with E-state index < -0.39 is 42.5 Å². The molecule has 2 aromatic rings. The van der Waals surface area contributed by atoms with E-state index in [4.69, 9.17) is 10.5 Å². The molecule has 11 heteroatoms. The number of carbonyl (C=O) groups excluding carboxylic acids is 4. The molecule has 1 heterocycles. The van der Waals surface area contributed by atoms with Crippen LogP contribution in [0.4, 0.5) is 4.79 Å². The molecule has 1 saturated heterocycles. The minimum Gasteiger partial charge on any atom is -0.445 e. The summed E-state index contributed by atoms with van der Waals surface area (Å²) in [6, 6.07) is 16.4. The number of likely N-dealkylation sites (tertiary alicyclic amines) is 1. The molecule has 11 nitrogen and oxygen atoms in total. The number of benzene rings is 2. The van der Waals surface area contributed by atoms with Gasteiger partial charge in [0.05, 0.1) is 18.6 Å². The predicted octanol–water partition coefficient (Wildman–Crippen LogP) is 2.40. The number of hydrogen-bond acceptors (Lipinski definition) is 7. The van der Waals surface area contributed by atoms with Crippen molar-refractivity contribution in [2.24, 2.45) is 5.73 Å². The van der Waals surface area contributed by atoms with E-state index in [1.165, 1.54) is 0 Å². The summed E-state index contributed by atoms with van der Waals surface area (Å²) in [5.41, 5.74) is 6.71. The molecule has 0 bridgehead atoms. The molecular formula is C33H47N5O6. The van der Waals surface area contributed by atoms with Gasteiger partial charge < -0.3 is 31.5 Å². The van der Waals surface area contributed by atoms with Gasteiger partial charge in [-0.3, -0.25) is 19.3 Å². The van der Waals surface area contributed by atoms with Crippen molar-refractivity contribution in [3.8, 4) is 0 Å². The number of β-amino-alcohol motifs (C(OH)–C–C–N with tert-alkyl or cyclic N) is 1. The molecule has 0 saturated carbocycles. The number of piperidine rings is 1. The number of amides is 4. The van der Waals surface area contributed by atoms with Gasteiger partial charge in [-0.1, -0.05) is 67.1 Å². The maximum absolute atomic E-state index is 13.5. The summed E-state index contributed by atoms with van der Waals surface area (Å²) in [5.74, 6) is -1.49. The zero-order valence-electron chi connectivity index (χ0n) is 26.0. The van der Waals surface area contributed by atoms with Crippen LogP contribution in [0.3, 0.4) is 0 Å². The fraction of sp³-hybridized carbons (Fsp3) is 0.515. The van der Waals surface area contributed by atoms with Gasteiger partial charge in [0.15, 0.2) is 0 Å². The lowest BCUT2D eigenvalue weighted by Gasteiger charge is -2.38. The smallest absolute Gasteiger partial charge is 0.408 e. The van der Waals surface area contributed by atoms with Crippen LogP contribution in [0.25, 0.3) is 0 Å². The van der Waals surface area contributed by atoms with Crippen LogP contribution in [0, 0.1) is 0 Å². The second-order valence-corrected chi connectivity index (χ2v) is 12.4. The Morgan fingerprint density at radius 2 is 1.61 bits per heavy atom. The molecule has 4 atom stereocenters. The molecule has 1 aliphatic rings. The lowest BCUT2D eigenvalue weighted by atomic mass is 9.95. The molecule has 0 aliphatic carbocycles. The quantitative estimate of drug-likeness (QED) is 0.220. The molecule has 240 valence electrons. The molecule has 4 amide bonds. The van der Waals surface area contributed by atoms with Crippen molar-refractivity contribution in [2.45, 2.75) is 95.7 Å². The van der Waals surface area contributed by atoms with Crippen LogP contribution in [-0.2, 0) is 32.1 Å². The lowest BCUT2D eigenvalue weighted by Crippen LogP contribution is -2.57. The molecule has 2 aromatic carbocycles. The number of alkyl carbamates (subject to hydrolysis) is 1. The number of nitrogens with zero attached hydrogens (tertiary/aromatic N) is 1. The van der Waals surface area contributed by atoms with Crippen molar-refractivity contribution in [1.29, 1.82) is 0 Å². The fourth-order valence-electron chi connectivity index (χ4n) is 5.33. The van der Waals surface area contributed by atoms with Gasteiger partial charge in [0.1, 0.15) is 12.6 Å². The number of primary amides is 1. The van der Waals surface area contributed by atoms with Crippen LogP contribution in [-0.4, -0.2) is 76.7 Å². The first-order valence-electron chi connectivity index (χ1n) is 15.2. The van der Waals surface area contributed by atoms with Gasteiger partial charge in [0.2, 0.25) is 17.7 Å². The van der Waals surface area contributed by atoms with Crippen molar-refractivity contribution in [1.82, 2.24) is 20.9 Å². The predicted molar refractivity (Wildman–Crippen MR) is 167 cm³/mol. The lowest BCUT2D eigenvalue weighted by molar-refractivity contribution is -0.128. The molecule has 1 aliphatic heterocycles. The summed E-state index contributed by atoms with van der Waals surface area (Å²) in [4.78, 5) is 52.7. The number of nitrogens with two attached hydrogens (primary N) is 1. The van der Waals surface area contributed by atoms with Crippen LogP contribution in [0.15, 0.2) is 60.7 Å². The number of ether oxygens (including phenoxy) is 1. The Balaban J connectivity index is 1.71. The van der Waals surface area contributed by atoms with E-state index in [9.17, 15) is 24.3 Å². The molecular weight excluding hydrogens is 562 g/mol. The maximum atomic E-state index is 13.5. The average Bonchev–Trinajstić information content (AvgIpc) is 2.96. The van der Waals surface area contributed by atoms with E-state index in [2.05, 4.69) is 20.9 Å². The monoisotopic (exact) mass is 609 g/mol. The first kappa shape index (κ1) is 34.5. The Hall–Kier alpha value is -3.96. The van der Waals surface area contributed by atoms with Gasteiger partial charge in [0, 0.05) is 24.5 Å². The first-order chi connectivity index (χ1) is 20.9. The highest BCUT2D eigenvalue weighted by Crippen LogP contribution is 2.21. The molecule has 0 radical (unpaired) electrons. The Kier molecular flexibility index (Phi) is 13.2. The third kappa shape index (κ3) is 12.3. The Morgan fingerprint density at radius 1 is 0.977 bits per heavy atom. The highest BCUT2D eigenvalue weighted by molar-refractivity contribution is 5.90. The van der Waals surface area contributed by atoms with Crippen LogP contribution >= 0.6 is 0 Å². The number of nitrogens with one attached hydrogen (secondary N) is 3. The Labute approximate surface area is 259 Å². The zero-order chi connectivity index (χ0) is 32.1. The van der Waals surface area contributed by atoms with Crippen molar-refractivity contribution < 1.29 is 29.0 Å². The second-order valence-electron chi connectivity index (χ2n) is 12.4.